The molecule has 2 heterocycles. The number of benzene rings is 1. The van der Waals surface area contributed by atoms with Gasteiger partial charge in [-0.25, -0.2) is 14.6 Å². The van der Waals surface area contributed by atoms with Gasteiger partial charge in [-0.3, -0.25) is 9.78 Å². The summed E-state index contributed by atoms with van der Waals surface area (Å²) < 4.78 is 2.18. The fourth-order valence-electron chi connectivity index (χ4n) is 2.40. The summed E-state index contributed by atoms with van der Waals surface area (Å²) in [7, 11) is 0. The predicted octanol–water partition coefficient (Wildman–Crippen LogP) is 2.49. The highest BCUT2D eigenvalue weighted by Crippen LogP contribution is 2.19. The summed E-state index contributed by atoms with van der Waals surface area (Å²) in [5.41, 5.74) is 1.33. The van der Waals surface area contributed by atoms with Crippen LogP contribution in [0.4, 0.5) is 0 Å². The summed E-state index contributed by atoms with van der Waals surface area (Å²) in [6.45, 7) is 3.58. The molecule has 3 rings (SSSR count). The Balaban J connectivity index is 1.87. The molecule has 0 aliphatic rings. The predicted molar refractivity (Wildman–Crippen MR) is 96.4 cm³/mol. The van der Waals surface area contributed by atoms with Gasteiger partial charge in [-0.2, -0.15) is 10.4 Å². The maximum atomic E-state index is 12.6. The number of nitriles is 1. The van der Waals surface area contributed by atoms with Crippen LogP contribution in [0.25, 0.3) is 5.82 Å². The number of hydrogen-bond acceptors (Lipinski definition) is 6. The third kappa shape index (κ3) is 3.75. The van der Waals surface area contributed by atoms with Crippen molar-refractivity contribution in [3.05, 3.63) is 64.0 Å². The number of carbonyl (C=O) groups is 1. The quantitative estimate of drug-likeness (QED) is 0.705. The average Bonchev–Trinajstić information content (AvgIpc) is 3.07. The fraction of sp³-hybridized carbons (Fsp3) is 0.176. The van der Waals surface area contributed by atoms with E-state index < -0.39 is 6.04 Å². The lowest BCUT2D eigenvalue weighted by molar-refractivity contribution is 0.0939. The van der Waals surface area contributed by atoms with Crippen LogP contribution in [0.1, 0.15) is 40.4 Å². The van der Waals surface area contributed by atoms with Gasteiger partial charge in [-0.1, -0.05) is 15.9 Å². The maximum Gasteiger partial charge on any atom is 0.251 e. The Morgan fingerprint density at radius 1 is 1.27 bits per heavy atom. The van der Waals surface area contributed by atoms with Crippen molar-refractivity contribution in [1.82, 2.24) is 30.0 Å². The molecule has 1 aromatic carbocycles. The average molecular weight is 412 g/mol. The number of rotatable bonds is 4. The minimum atomic E-state index is -0.430. The molecule has 0 bridgehead atoms. The molecule has 2 aromatic heterocycles. The molecule has 3 aromatic rings. The maximum absolute atomic E-state index is 12.6. The minimum Gasteiger partial charge on any atom is -0.344 e. The van der Waals surface area contributed by atoms with E-state index in [4.69, 9.17) is 5.26 Å². The SMILES string of the molecule is Cc1ncn(-c2nccnc2C(C)NC(=O)c2cc(Br)cc(C#N)c2)n1. The van der Waals surface area contributed by atoms with Gasteiger partial charge in [0.2, 0.25) is 0 Å². The first-order valence-electron chi connectivity index (χ1n) is 7.69. The highest BCUT2D eigenvalue weighted by atomic mass is 79.9. The number of aryl methyl sites for hydroxylation is 1. The first-order chi connectivity index (χ1) is 12.5. The molecule has 0 spiro atoms. The normalized spacial score (nSPS) is 11.6. The number of nitrogens with one attached hydrogen (secondary N) is 1. The first kappa shape index (κ1) is 17.7. The number of carbonyl (C=O) groups excluding carboxylic acids is 1. The summed E-state index contributed by atoms with van der Waals surface area (Å²) in [4.78, 5) is 25.3. The summed E-state index contributed by atoms with van der Waals surface area (Å²) in [5, 5.41) is 16.2. The van der Waals surface area contributed by atoms with Gasteiger partial charge in [0, 0.05) is 22.4 Å². The molecule has 0 radical (unpaired) electrons. The molecule has 8 nitrogen and oxygen atoms in total. The van der Waals surface area contributed by atoms with Gasteiger partial charge in [0.15, 0.2) is 5.82 Å². The highest BCUT2D eigenvalue weighted by molar-refractivity contribution is 9.10. The van der Waals surface area contributed by atoms with Crippen molar-refractivity contribution < 1.29 is 4.79 Å². The molecular formula is C17H14BrN7O. The smallest absolute Gasteiger partial charge is 0.251 e. The minimum absolute atomic E-state index is 0.318. The molecule has 0 aliphatic heterocycles. The zero-order chi connectivity index (χ0) is 18.7. The molecule has 1 unspecified atom stereocenters. The highest BCUT2D eigenvalue weighted by Gasteiger charge is 2.19. The lowest BCUT2D eigenvalue weighted by Crippen LogP contribution is -2.28. The van der Waals surface area contributed by atoms with Gasteiger partial charge in [0.25, 0.3) is 5.91 Å². The summed E-state index contributed by atoms with van der Waals surface area (Å²) in [5.74, 6) is 0.783. The Morgan fingerprint density at radius 3 is 2.73 bits per heavy atom. The number of amides is 1. The monoisotopic (exact) mass is 411 g/mol. The molecule has 1 N–H and O–H groups in total. The Bertz CT molecular complexity index is 1010. The number of halogens is 1. The van der Waals surface area contributed by atoms with Crippen molar-refractivity contribution in [2.75, 3.05) is 0 Å². The van der Waals surface area contributed by atoms with Crippen LogP contribution in [-0.2, 0) is 0 Å². The van der Waals surface area contributed by atoms with E-state index in [-0.39, 0.29) is 5.91 Å². The number of aromatic nitrogens is 5. The number of nitrogens with zero attached hydrogens (tertiary/aromatic N) is 6. The molecule has 26 heavy (non-hydrogen) atoms. The van der Waals surface area contributed by atoms with Crippen LogP contribution >= 0.6 is 15.9 Å². The zero-order valence-electron chi connectivity index (χ0n) is 14.0. The van der Waals surface area contributed by atoms with Crippen molar-refractivity contribution in [1.29, 1.82) is 5.26 Å². The summed E-state index contributed by atoms with van der Waals surface area (Å²) >= 11 is 3.31. The van der Waals surface area contributed by atoms with Crippen LogP contribution in [0.15, 0.2) is 41.4 Å². The van der Waals surface area contributed by atoms with E-state index >= 15 is 0 Å². The molecule has 1 atom stereocenters. The van der Waals surface area contributed by atoms with E-state index in [1.165, 1.54) is 10.7 Å². The van der Waals surface area contributed by atoms with Crippen LogP contribution < -0.4 is 5.32 Å². The van der Waals surface area contributed by atoms with Gasteiger partial charge in [0.05, 0.1) is 17.7 Å². The number of hydrogen-bond donors (Lipinski definition) is 1. The molecule has 9 heteroatoms. The van der Waals surface area contributed by atoms with Crippen molar-refractivity contribution in [2.24, 2.45) is 0 Å². The molecule has 0 saturated heterocycles. The summed E-state index contributed by atoms with van der Waals surface area (Å²) in [6, 6.07) is 6.43. The van der Waals surface area contributed by atoms with Gasteiger partial charge in [0.1, 0.15) is 17.8 Å². The third-order valence-electron chi connectivity index (χ3n) is 3.58. The molecule has 0 aliphatic carbocycles. The van der Waals surface area contributed by atoms with E-state index in [2.05, 4.69) is 41.3 Å². The Hall–Kier alpha value is -3.12. The molecule has 0 fully saturated rings. The first-order valence-corrected chi connectivity index (χ1v) is 8.48. The molecule has 0 saturated carbocycles. The Kier molecular flexibility index (Phi) is 5.04. The lowest BCUT2D eigenvalue weighted by atomic mass is 10.1. The van der Waals surface area contributed by atoms with E-state index in [9.17, 15) is 4.79 Å². The van der Waals surface area contributed by atoms with Crippen LogP contribution in [0, 0.1) is 18.3 Å². The van der Waals surface area contributed by atoms with Crippen molar-refractivity contribution in [3.8, 4) is 11.9 Å². The van der Waals surface area contributed by atoms with Crippen LogP contribution in [0.3, 0.4) is 0 Å². The van der Waals surface area contributed by atoms with Gasteiger partial charge >= 0.3 is 0 Å². The van der Waals surface area contributed by atoms with E-state index in [0.29, 0.717) is 32.9 Å². The molecule has 130 valence electrons. The van der Waals surface area contributed by atoms with E-state index in [1.807, 2.05) is 6.07 Å². The van der Waals surface area contributed by atoms with E-state index in [1.54, 1.807) is 44.7 Å². The second-order valence-corrected chi connectivity index (χ2v) is 6.45. The lowest BCUT2D eigenvalue weighted by Gasteiger charge is -2.16. The van der Waals surface area contributed by atoms with Gasteiger partial charge in [-0.15, -0.1) is 0 Å². The van der Waals surface area contributed by atoms with Gasteiger partial charge in [-0.05, 0) is 32.0 Å². The van der Waals surface area contributed by atoms with Crippen molar-refractivity contribution >= 4 is 21.8 Å². The van der Waals surface area contributed by atoms with Crippen LogP contribution in [0.2, 0.25) is 0 Å². The van der Waals surface area contributed by atoms with Crippen LogP contribution in [-0.4, -0.2) is 30.6 Å². The Morgan fingerprint density at radius 2 is 2.04 bits per heavy atom. The standard InChI is InChI=1S/C17H14BrN7O/c1-10(23-17(26)13-5-12(8-19)6-14(18)7-13)15-16(21-4-3-20-15)25-9-22-11(2)24-25/h3-7,9-10H,1-2H3,(H,23,26). The molecular weight excluding hydrogens is 398 g/mol. The third-order valence-corrected chi connectivity index (χ3v) is 4.03. The topological polar surface area (TPSA) is 109 Å². The van der Waals surface area contributed by atoms with Crippen molar-refractivity contribution in [2.45, 2.75) is 19.9 Å². The second-order valence-electron chi connectivity index (χ2n) is 5.54. The van der Waals surface area contributed by atoms with Gasteiger partial charge < -0.3 is 5.32 Å². The van der Waals surface area contributed by atoms with Crippen molar-refractivity contribution in [3.63, 3.8) is 0 Å². The fourth-order valence-corrected chi connectivity index (χ4v) is 2.90. The van der Waals surface area contributed by atoms with Crippen LogP contribution in [0.5, 0.6) is 0 Å². The summed E-state index contributed by atoms with van der Waals surface area (Å²) in [6.07, 6.45) is 4.65. The molecule has 1 amide bonds. The second kappa shape index (κ2) is 7.41. The Labute approximate surface area is 158 Å². The largest absolute Gasteiger partial charge is 0.344 e. The van der Waals surface area contributed by atoms with E-state index in [0.717, 1.165) is 0 Å². The zero-order valence-corrected chi connectivity index (χ0v) is 15.6.